The Hall–Kier alpha value is -1.90. The molecule has 0 bridgehead atoms. The minimum absolute atomic E-state index is 0.750. The van der Waals surface area contributed by atoms with Gasteiger partial charge in [-0.2, -0.15) is 4.73 Å². The molecule has 0 fully saturated rings. The molecule has 94 valence electrons. The quantitative estimate of drug-likeness (QED) is 0.517. The molecule has 0 saturated heterocycles. The van der Waals surface area contributed by atoms with Gasteiger partial charge in [-0.05, 0) is 12.1 Å². The lowest BCUT2D eigenvalue weighted by Gasteiger charge is -1.88. The van der Waals surface area contributed by atoms with E-state index in [1.165, 1.54) is 12.4 Å². The highest BCUT2D eigenvalue weighted by atomic mass is 16.5. The average molecular weight is 234 g/mol. The Kier molecular flexibility index (Phi) is 17.0. The van der Waals surface area contributed by atoms with Crippen molar-refractivity contribution in [3.8, 4) is 0 Å². The van der Waals surface area contributed by atoms with Crippen LogP contribution in [0.1, 0.15) is 27.7 Å². The van der Waals surface area contributed by atoms with E-state index in [0.717, 1.165) is 4.73 Å². The molecule has 0 N–H and O–H groups in total. The lowest BCUT2D eigenvalue weighted by Crippen LogP contribution is -2.22. The second-order valence-corrected chi connectivity index (χ2v) is 2.26. The van der Waals surface area contributed by atoms with E-state index in [1.54, 1.807) is 30.6 Å². The van der Waals surface area contributed by atoms with Crippen molar-refractivity contribution in [1.29, 1.82) is 0 Å². The number of rotatable bonds is 0. The normalized spacial score (nSPS) is 7.06. The van der Waals surface area contributed by atoms with Gasteiger partial charge in [-0.25, -0.2) is 0 Å². The molecule has 0 radical (unpaired) electrons. The van der Waals surface area contributed by atoms with Crippen LogP contribution in [0.15, 0.2) is 61.2 Å². The number of pyridine rings is 2. The van der Waals surface area contributed by atoms with Gasteiger partial charge in [0.05, 0.1) is 0 Å². The lowest BCUT2D eigenvalue weighted by atomic mass is 10.5. The van der Waals surface area contributed by atoms with Crippen molar-refractivity contribution >= 4 is 0 Å². The zero-order chi connectivity index (χ0) is 13.4. The smallest absolute Gasteiger partial charge is 0.180 e. The van der Waals surface area contributed by atoms with E-state index >= 15 is 0 Å². The summed E-state index contributed by atoms with van der Waals surface area (Å²) >= 11 is 0. The third kappa shape index (κ3) is 14.1. The Labute approximate surface area is 104 Å². The van der Waals surface area contributed by atoms with Crippen LogP contribution in [0.4, 0.5) is 0 Å². The molecule has 0 spiro atoms. The fraction of sp³-hybridized carbons (Fsp3) is 0.286. The van der Waals surface area contributed by atoms with Crippen LogP contribution in [-0.4, -0.2) is 4.98 Å². The first-order valence-corrected chi connectivity index (χ1v) is 5.88. The van der Waals surface area contributed by atoms with Gasteiger partial charge in [0, 0.05) is 24.5 Å². The maximum atomic E-state index is 10.2. The fourth-order valence-corrected chi connectivity index (χ4v) is 0.695. The van der Waals surface area contributed by atoms with Crippen molar-refractivity contribution in [3.05, 3.63) is 66.4 Å². The maximum Gasteiger partial charge on any atom is 0.180 e. The molecule has 0 aliphatic heterocycles. The average Bonchev–Trinajstić information content (AvgIpc) is 2.47. The Bertz CT molecular complexity index is 285. The number of hydrogen-bond donors (Lipinski definition) is 0. The number of hydrogen-bond acceptors (Lipinski definition) is 2. The highest BCUT2D eigenvalue weighted by Crippen LogP contribution is 1.73. The summed E-state index contributed by atoms with van der Waals surface area (Å²) < 4.78 is 0.750. The van der Waals surface area contributed by atoms with Crippen molar-refractivity contribution in [2.45, 2.75) is 27.7 Å². The van der Waals surface area contributed by atoms with Crippen molar-refractivity contribution in [3.63, 3.8) is 0 Å². The third-order valence-corrected chi connectivity index (χ3v) is 1.25. The molecule has 0 atom stereocenters. The monoisotopic (exact) mass is 234 g/mol. The maximum absolute atomic E-state index is 10.2. The van der Waals surface area contributed by atoms with Crippen LogP contribution in [-0.2, 0) is 0 Å². The summed E-state index contributed by atoms with van der Waals surface area (Å²) in [4.78, 5) is 3.78. The third-order valence-electron chi connectivity index (χ3n) is 1.25. The van der Waals surface area contributed by atoms with Crippen molar-refractivity contribution in [1.82, 2.24) is 4.98 Å². The number of aromatic nitrogens is 2. The summed E-state index contributed by atoms with van der Waals surface area (Å²) in [5.41, 5.74) is 0. The van der Waals surface area contributed by atoms with E-state index in [2.05, 4.69) is 4.98 Å². The van der Waals surface area contributed by atoms with E-state index in [4.69, 9.17) is 0 Å². The summed E-state index contributed by atoms with van der Waals surface area (Å²) in [5, 5.41) is 10.2. The van der Waals surface area contributed by atoms with Crippen LogP contribution >= 0.6 is 0 Å². The molecule has 0 amide bonds. The van der Waals surface area contributed by atoms with Crippen molar-refractivity contribution in [2.24, 2.45) is 0 Å². The Morgan fingerprint density at radius 1 is 0.706 bits per heavy atom. The van der Waals surface area contributed by atoms with Gasteiger partial charge < -0.3 is 5.21 Å². The van der Waals surface area contributed by atoms with Crippen LogP contribution in [0, 0.1) is 5.21 Å². The standard InChI is InChI=1S/C5H5NO.C5H5N.2C2H6/c7-6-4-2-1-3-5-6;1-2-4-6-5-3-1;2*1-2/h1-5H;1-5H;2*1-2H3. The second-order valence-electron chi connectivity index (χ2n) is 2.26. The Balaban J connectivity index is 0. The van der Waals surface area contributed by atoms with E-state index in [9.17, 15) is 5.21 Å². The first-order valence-electron chi connectivity index (χ1n) is 5.88. The molecule has 2 rings (SSSR count). The van der Waals surface area contributed by atoms with Gasteiger partial charge in [0.25, 0.3) is 0 Å². The number of nitrogens with zero attached hydrogens (tertiary/aromatic N) is 2. The van der Waals surface area contributed by atoms with Gasteiger partial charge in [0.15, 0.2) is 12.4 Å². The van der Waals surface area contributed by atoms with Crippen LogP contribution in [0.3, 0.4) is 0 Å². The van der Waals surface area contributed by atoms with Gasteiger partial charge in [0.2, 0.25) is 0 Å². The van der Waals surface area contributed by atoms with E-state index in [-0.39, 0.29) is 0 Å². The summed E-state index contributed by atoms with van der Waals surface area (Å²) in [5.74, 6) is 0. The predicted octanol–water partition coefficient (Wildman–Crippen LogP) is 3.45. The SMILES string of the molecule is CC.CC.[O-][n+]1ccccc1.c1ccncc1. The first kappa shape index (κ1) is 17.5. The Morgan fingerprint density at radius 2 is 1.12 bits per heavy atom. The summed E-state index contributed by atoms with van der Waals surface area (Å²) in [6, 6.07) is 10.9. The molecule has 17 heavy (non-hydrogen) atoms. The van der Waals surface area contributed by atoms with Crippen LogP contribution in [0.2, 0.25) is 0 Å². The lowest BCUT2D eigenvalue weighted by molar-refractivity contribution is -0.605. The van der Waals surface area contributed by atoms with Gasteiger partial charge in [-0.15, -0.1) is 0 Å². The molecule has 0 aliphatic rings. The fourth-order valence-electron chi connectivity index (χ4n) is 0.695. The van der Waals surface area contributed by atoms with Gasteiger partial charge in [-0.1, -0.05) is 39.8 Å². The molecular weight excluding hydrogens is 212 g/mol. The second kappa shape index (κ2) is 16.5. The van der Waals surface area contributed by atoms with Gasteiger partial charge in [-0.3, -0.25) is 4.98 Å². The van der Waals surface area contributed by atoms with E-state index in [0.29, 0.717) is 0 Å². The first-order chi connectivity index (χ1) is 8.39. The molecule has 0 unspecified atom stereocenters. The molecular formula is C14H22N2O. The van der Waals surface area contributed by atoms with E-state index < -0.39 is 0 Å². The van der Waals surface area contributed by atoms with Gasteiger partial charge >= 0.3 is 0 Å². The molecule has 0 aliphatic carbocycles. The topological polar surface area (TPSA) is 39.8 Å². The van der Waals surface area contributed by atoms with E-state index in [1.807, 2.05) is 45.9 Å². The molecule has 3 nitrogen and oxygen atoms in total. The highest BCUT2D eigenvalue weighted by molar-refractivity contribution is 4.88. The van der Waals surface area contributed by atoms with Gasteiger partial charge in [0.1, 0.15) is 0 Å². The van der Waals surface area contributed by atoms with Crippen LogP contribution in [0.25, 0.3) is 0 Å². The largest absolute Gasteiger partial charge is 0.619 e. The Morgan fingerprint density at radius 3 is 1.29 bits per heavy atom. The zero-order valence-corrected chi connectivity index (χ0v) is 11.1. The molecule has 3 heteroatoms. The molecule has 2 aromatic heterocycles. The zero-order valence-electron chi connectivity index (χ0n) is 11.1. The van der Waals surface area contributed by atoms with Crippen LogP contribution < -0.4 is 4.73 Å². The molecule has 0 saturated carbocycles. The molecule has 0 aromatic carbocycles. The molecule has 2 aromatic rings. The summed E-state index contributed by atoms with van der Waals surface area (Å²) in [7, 11) is 0. The van der Waals surface area contributed by atoms with Crippen molar-refractivity contribution in [2.75, 3.05) is 0 Å². The minimum Gasteiger partial charge on any atom is -0.619 e. The summed E-state index contributed by atoms with van der Waals surface area (Å²) in [6.07, 6.45) is 6.39. The molecule has 2 heterocycles. The summed E-state index contributed by atoms with van der Waals surface area (Å²) in [6.45, 7) is 8.00. The predicted molar refractivity (Wildman–Crippen MR) is 72.3 cm³/mol. The minimum atomic E-state index is 0.750. The van der Waals surface area contributed by atoms with Crippen molar-refractivity contribution < 1.29 is 4.73 Å². The highest BCUT2D eigenvalue weighted by Gasteiger charge is 1.75. The van der Waals surface area contributed by atoms with Crippen LogP contribution in [0.5, 0.6) is 0 Å².